The van der Waals surface area contributed by atoms with Crippen LogP contribution in [0.15, 0.2) is 62.6 Å². The van der Waals surface area contributed by atoms with Gasteiger partial charge >= 0.3 is 5.63 Å². The molecule has 0 unspecified atom stereocenters. The summed E-state index contributed by atoms with van der Waals surface area (Å²) < 4.78 is 32.4. The molecule has 0 fully saturated rings. The van der Waals surface area contributed by atoms with Crippen molar-refractivity contribution in [3.05, 3.63) is 70.1 Å². The predicted molar refractivity (Wildman–Crippen MR) is 89.2 cm³/mol. The Balaban J connectivity index is 2.05. The van der Waals surface area contributed by atoms with Gasteiger partial charge in [-0.05, 0) is 43.7 Å². The highest BCUT2D eigenvalue weighted by molar-refractivity contribution is 7.92. The quantitative estimate of drug-likeness (QED) is 0.749. The van der Waals surface area contributed by atoms with Crippen LogP contribution in [0.3, 0.4) is 0 Å². The molecule has 1 N–H and O–H groups in total. The van der Waals surface area contributed by atoms with Crippen LogP contribution in [0.2, 0.25) is 0 Å². The second-order valence-electron chi connectivity index (χ2n) is 5.27. The summed E-state index contributed by atoms with van der Waals surface area (Å²) in [5.74, 6) is 0. The van der Waals surface area contributed by atoms with Crippen LogP contribution in [0, 0.1) is 13.8 Å². The lowest BCUT2D eigenvalue weighted by Gasteiger charge is -2.10. The number of sulfonamides is 1. The molecule has 0 aliphatic rings. The Morgan fingerprint density at radius 3 is 2.35 bits per heavy atom. The van der Waals surface area contributed by atoms with Gasteiger partial charge in [0.2, 0.25) is 0 Å². The van der Waals surface area contributed by atoms with E-state index in [4.69, 9.17) is 4.42 Å². The van der Waals surface area contributed by atoms with Crippen LogP contribution in [0.25, 0.3) is 11.0 Å². The lowest BCUT2D eigenvalue weighted by atomic mass is 10.1. The van der Waals surface area contributed by atoms with Crippen molar-refractivity contribution < 1.29 is 12.8 Å². The molecule has 0 spiro atoms. The van der Waals surface area contributed by atoms with Gasteiger partial charge in [-0.15, -0.1) is 0 Å². The third-order valence-corrected chi connectivity index (χ3v) is 5.16. The molecule has 1 aromatic heterocycles. The molecule has 2 aromatic carbocycles. The van der Waals surface area contributed by atoms with Crippen LogP contribution < -0.4 is 10.3 Å². The van der Waals surface area contributed by atoms with Crippen LogP contribution >= 0.6 is 0 Å². The van der Waals surface area contributed by atoms with Crippen molar-refractivity contribution in [3.63, 3.8) is 0 Å². The fourth-order valence-electron chi connectivity index (χ4n) is 2.33. The normalized spacial score (nSPS) is 11.6. The maximum Gasteiger partial charge on any atom is 0.339 e. The number of fused-ring (bicyclic) bond motifs is 1. The molecular weight excluding hydrogens is 314 g/mol. The zero-order valence-corrected chi connectivity index (χ0v) is 13.5. The molecule has 1 heterocycles. The first-order valence-corrected chi connectivity index (χ1v) is 8.49. The van der Waals surface area contributed by atoms with E-state index in [0.717, 1.165) is 10.9 Å². The molecule has 118 valence electrons. The van der Waals surface area contributed by atoms with Crippen molar-refractivity contribution in [3.8, 4) is 0 Å². The largest absolute Gasteiger partial charge is 0.422 e. The Hall–Kier alpha value is -2.60. The zero-order valence-electron chi connectivity index (χ0n) is 12.7. The van der Waals surface area contributed by atoms with Gasteiger partial charge in [0.1, 0.15) is 5.58 Å². The topological polar surface area (TPSA) is 76.4 Å². The van der Waals surface area contributed by atoms with Gasteiger partial charge in [0.05, 0.1) is 10.6 Å². The maximum atomic E-state index is 12.3. The standard InChI is InChI=1S/C17H15NO4S/c1-11-12(2)17(19)22-16-10-13(8-9-15(11)16)18-23(20,21)14-6-4-3-5-7-14/h3-10,18H,1-2H3. The number of hydrogen-bond donors (Lipinski definition) is 1. The second kappa shape index (κ2) is 5.55. The predicted octanol–water partition coefficient (Wildman–Crippen LogP) is 3.21. The first-order chi connectivity index (χ1) is 10.9. The van der Waals surface area contributed by atoms with Crippen molar-refractivity contribution >= 4 is 26.7 Å². The van der Waals surface area contributed by atoms with Crippen LogP contribution in [0.4, 0.5) is 5.69 Å². The number of aryl methyl sites for hydroxylation is 1. The van der Waals surface area contributed by atoms with E-state index in [1.807, 2.05) is 6.92 Å². The van der Waals surface area contributed by atoms with Gasteiger partial charge in [0.15, 0.2) is 0 Å². The van der Waals surface area contributed by atoms with Crippen LogP contribution in [-0.2, 0) is 10.0 Å². The summed E-state index contributed by atoms with van der Waals surface area (Å²) in [4.78, 5) is 11.9. The molecule has 0 amide bonds. The highest BCUT2D eigenvalue weighted by atomic mass is 32.2. The first-order valence-electron chi connectivity index (χ1n) is 7.00. The third-order valence-electron chi connectivity index (χ3n) is 3.76. The Labute approximate surface area is 133 Å². The van der Waals surface area contributed by atoms with Crippen molar-refractivity contribution in [2.24, 2.45) is 0 Å². The Morgan fingerprint density at radius 1 is 0.957 bits per heavy atom. The summed E-state index contributed by atoms with van der Waals surface area (Å²) in [6, 6.07) is 13.0. The number of benzene rings is 2. The van der Waals surface area contributed by atoms with E-state index in [0.29, 0.717) is 16.8 Å². The summed E-state index contributed by atoms with van der Waals surface area (Å²) in [6.07, 6.45) is 0. The highest BCUT2D eigenvalue weighted by Crippen LogP contribution is 2.24. The summed E-state index contributed by atoms with van der Waals surface area (Å²) >= 11 is 0. The molecule has 6 heteroatoms. The first kappa shape index (κ1) is 15.3. The summed E-state index contributed by atoms with van der Waals surface area (Å²) in [5, 5.41) is 0.782. The zero-order chi connectivity index (χ0) is 16.6. The van der Waals surface area contributed by atoms with Gasteiger partial charge in [-0.25, -0.2) is 13.2 Å². The minimum Gasteiger partial charge on any atom is -0.422 e. The van der Waals surface area contributed by atoms with Crippen molar-refractivity contribution in [1.29, 1.82) is 0 Å². The highest BCUT2D eigenvalue weighted by Gasteiger charge is 2.15. The van der Waals surface area contributed by atoms with E-state index in [1.165, 1.54) is 18.2 Å². The molecule has 0 aliphatic carbocycles. The van der Waals surface area contributed by atoms with Crippen molar-refractivity contribution in [1.82, 2.24) is 0 Å². The lowest BCUT2D eigenvalue weighted by Crippen LogP contribution is -2.13. The van der Waals surface area contributed by atoms with Crippen LogP contribution in [0.1, 0.15) is 11.1 Å². The smallest absolute Gasteiger partial charge is 0.339 e. The fraction of sp³-hybridized carbons (Fsp3) is 0.118. The molecule has 0 saturated heterocycles. The van der Waals surface area contributed by atoms with E-state index in [1.54, 1.807) is 37.3 Å². The van der Waals surface area contributed by atoms with Gasteiger partial charge in [0, 0.05) is 17.0 Å². The molecule has 0 aliphatic heterocycles. The van der Waals surface area contributed by atoms with Gasteiger partial charge in [-0.2, -0.15) is 0 Å². The fourth-order valence-corrected chi connectivity index (χ4v) is 3.40. The minimum absolute atomic E-state index is 0.168. The number of hydrogen-bond acceptors (Lipinski definition) is 4. The molecule has 23 heavy (non-hydrogen) atoms. The molecular formula is C17H15NO4S. The molecule has 0 atom stereocenters. The van der Waals surface area contributed by atoms with E-state index in [9.17, 15) is 13.2 Å². The average Bonchev–Trinajstić information content (AvgIpc) is 2.53. The van der Waals surface area contributed by atoms with Crippen LogP contribution in [-0.4, -0.2) is 8.42 Å². The summed E-state index contributed by atoms with van der Waals surface area (Å²) in [6.45, 7) is 3.54. The number of nitrogens with one attached hydrogen (secondary N) is 1. The molecule has 0 saturated carbocycles. The Morgan fingerprint density at radius 2 is 1.65 bits per heavy atom. The van der Waals surface area contributed by atoms with Gasteiger partial charge in [-0.3, -0.25) is 4.72 Å². The third kappa shape index (κ3) is 2.85. The number of rotatable bonds is 3. The minimum atomic E-state index is -3.68. The average molecular weight is 329 g/mol. The molecule has 0 radical (unpaired) electrons. The van der Waals surface area contributed by atoms with Gasteiger partial charge in [0.25, 0.3) is 10.0 Å². The Bertz CT molecular complexity index is 1040. The molecule has 5 nitrogen and oxygen atoms in total. The monoisotopic (exact) mass is 329 g/mol. The maximum absolute atomic E-state index is 12.3. The van der Waals surface area contributed by atoms with Crippen molar-refractivity contribution in [2.45, 2.75) is 18.7 Å². The summed E-state index contributed by atoms with van der Waals surface area (Å²) in [5.41, 5.74) is 1.65. The Kier molecular flexibility index (Phi) is 3.69. The van der Waals surface area contributed by atoms with E-state index in [2.05, 4.69) is 4.72 Å². The van der Waals surface area contributed by atoms with E-state index >= 15 is 0 Å². The van der Waals surface area contributed by atoms with E-state index in [-0.39, 0.29) is 4.90 Å². The number of anilines is 1. The van der Waals surface area contributed by atoms with Crippen LogP contribution in [0.5, 0.6) is 0 Å². The van der Waals surface area contributed by atoms with E-state index < -0.39 is 15.6 Å². The van der Waals surface area contributed by atoms with Gasteiger partial charge in [-0.1, -0.05) is 18.2 Å². The lowest BCUT2D eigenvalue weighted by molar-refractivity contribution is 0.554. The second-order valence-corrected chi connectivity index (χ2v) is 6.95. The SMILES string of the molecule is Cc1c(C)c2ccc(NS(=O)(=O)c3ccccc3)cc2oc1=O. The molecule has 3 aromatic rings. The summed E-state index contributed by atoms with van der Waals surface area (Å²) in [7, 11) is -3.68. The molecule has 3 rings (SSSR count). The van der Waals surface area contributed by atoms with Gasteiger partial charge < -0.3 is 4.42 Å². The molecule has 0 bridgehead atoms. The van der Waals surface area contributed by atoms with Crippen molar-refractivity contribution in [2.75, 3.05) is 4.72 Å².